The van der Waals surface area contributed by atoms with Crippen LogP contribution in [0.15, 0.2) is 18.2 Å². The Labute approximate surface area is 158 Å². The van der Waals surface area contributed by atoms with Crippen LogP contribution in [0.4, 0.5) is 15.3 Å². The topological polar surface area (TPSA) is 105 Å². The van der Waals surface area contributed by atoms with Crippen molar-refractivity contribution >= 4 is 23.8 Å². The summed E-state index contributed by atoms with van der Waals surface area (Å²) < 4.78 is 10.6. The maximum Gasteiger partial charge on any atom is 0.411 e. The molecule has 1 heterocycles. The Bertz CT molecular complexity index is 720. The molecule has 0 aromatic heterocycles. The highest BCUT2D eigenvalue weighted by Crippen LogP contribution is 2.24. The third-order valence-electron chi connectivity index (χ3n) is 3.92. The summed E-state index contributed by atoms with van der Waals surface area (Å²) >= 11 is 0. The van der Waals surface area contributed by atoms with E-state index >= 15 is 0 Å². The number of carboxylic acids is 1. The van der Waals surface area contributed by atoms with Gasteiger partial charge < -0.3 is 14.6 Å². The quantitative estimate of drug-likeness (QED) is 0.836. The second-order valence-corrected chi connectivity index (χ2v) is 7.75. The molecule has 2 N–H and O–H groups in total. The Balaban J connectivity index is 2.01. The summed E-state index contributed by atoms with van der Waals surface area (Å²) in [4.78, 5) is 37.0. The zero-order valence-corrected chi connectivity index (χ0v) is 16.2. The Morgan fingerprint density at radius 1 is 1.15 bits per heavy atom. The molecule has 1 saturated heterocycles. The van der Waals surface area contributed by atoms with Crippen LogP contribution in [0.1, 0.15) is 38.3 Å². The van der Waals surface area contributed by atoms with Crippen LogP contribution in [-0.4, -0.2) is 52.5 Å². The van der Waals surface area contributed by atoms with Crippen LogP contribution in [0.2, 0.25) is 0 Å². The monoisotopic (exact) mass is 378 g/mol. The number of nitrogens with zero attached hydrogens (tertiary/aromatic N) is 1. The molecule has 0 unspecified atom stereocenters. The van der Waals surface area contributed by atoms with Crippen LogP contribution in [-0.2, 0) is 14.3 Å². The smallest absolute Gasteiger partial charge is 0.411 e. The summed E-state index contributed by atoms with van der Waals surface area (Å²) in [6.07, 6.45) is -2.16. The minimum atomic E-state index is -1.17. The lowest BCUT2D eigenvalue weighted by Crippen LogP contribution is -2.43. The molecule has 8 heteroatoms. The molecular weight excluding hydrogens is 352 g/mol. The molecule has 0 bridgehead atoms. The number of likely N-dealkylation sites (tertiary alicyclic amines) is 1. The lowest BCUT2D eigenvalue weighted by Gasteiger charge is -2.26. The molecule has 1 aliphatic heterocycles. The largest absolute Gasteiger partial charge is 0.480 e. The van der Waals surface area contributed by atoms with Gasteiger partial charge in [0.15, 0.2) is 0 Å². The van der Waals surface area contributed by atoms with Gasteiger partial charge in [-0.05, 0) is 57.9 Å². The second-order valence-electron chi connectivity index (χ2n) is 7.75. The molecule has 8 nitrogen and oxygen atoms in total. The van der Waals surface area contributed by atoms with E-state index in [1.807, 2.05) is 19.9 Å². The molecule has 1 aromatic carbocycles. The van der Waals surface area contributed by atoms with Gasteiger partial charge in [0.2, 0.25) is 0 Å². The van der Waals surface area contributed by atoms with Gasteiger partial charge in [0.25, 0.3) is 0 Å². The summed E-state index contributed by atoms with van der Waals surface area (Å²) in [6.45, 7) is 8.88. The first kappa shape index (κ1) is 20.5. The number of carbonyl (C=O) groups excluding carboxylic acids is 2. The van der Waals surface area contributed by atoms with E-state index in [1.54, 1.807) is 32.9 Å². The zero-order valence-electron chi connectivity index (χ0n) is 16.2. The second kappa shape index (κ2) is 7.85. The number of rotatable bonds is 3. The molecule has 0 saturated carbocycles. The number of ether oxygens (including phenoxy) is 2. The Morgan fingerprint density at radius 2 is 1.74 bits per heavy atom. The summed E-state index contributed by atoms with van der Waals surface area (Å²) in [7, 11) is 0. The van der Waals surface area contributed by atoms with Crippen molar-refractivity contribution in [3.05, 3.63) is 29.3 Å². The minimum absolute atomic E-state index is 0.00877. The van der Waals surface area contributed by atoms with Gasteiger partial charge in [-0.2, -0.15) is 0 Å². The first-order valence-electron chi connectivity index (χ1n) is 8.73. The van der Waals surface area contributed by atoms with Gasteiger partial charge in [0, 0.05) is 12.1 Å². The first-order chi connectivity index (χ1) is 12.4. The Kier molecular flexibility index (Phi) is 5.98. The van der Waals surface area contributed by atoms with Crippen molar-refractivity contribution in [1.29, 1.82) is 0 Å². The molecule has 1 aliphatic rings. The Morgan fingerprint density at radius 3 is 2.26 bits per heavy atom. The van der Waals surface area contributed by atoms with Gasteiger partial charge in [0.05, 0.1) is 6.54 Å². The maximum atomic E-state index is 12.3. The molecule has 2 rings (SSSR count). The average molecular weight is 378 g/mol. The van der Waals surface area contributed by atoms with Gasteiger partial charge in [-0.15, -0.1) is 0 Å². The van der Waals surface area contributed by atoms with Crippen LogP contribution in [0.3, 0.4) is 0 Å². The average Bonchev–Trinajstić information content (AvgIpc) is 2.88. The molecule has 2 atom stereocenters. The first-order valence-corrected chi connectivity index (χ1v) is 8.73. The highest BCUT2D eigenvalue weighted by Gasteiger charge is 2.43. The number of hydrogen-bond donors (Lipinski definition) is 2. The zero-order chi connectivity index (χ0) is 20.4. The molecule has 1 fully saturated rings. The van der Waals surface area contributed by atoms with Crippen LogP contribution < -0.4 is 5.32 Å². The van der Waals surface area contributed by atoms with E-state index < -0.39 is 35.9 Å². The SMILES string of the molecule is Cc1cc(C)cc(NC(=O)O[C@@H]2C[C@@H](C(=O)O)N(C(=O)OC(C)(C)C)C2)c1. The van der Waals surface area contributed by atoms with Crippen LogP contribution in [0.25, 0.3) is 0 Å². The lowest BCUT2D eigenvalue weighted by atomic mass is 10.1. The molecule has 2 amide bonds. The van der Waals surface area contributed by atoms with Crippen molar-refractivity contribution in [2.75, 3.05) is 11.9 Å². The number of hydrogen-bond acceptors (Lipinski definition) is 5. The number of anilines is 1. The molecule has 0 aliphatic carbocycles. The van der Waals surface area contributed by atoms with Crippen LogP contribution in [0.5, 0.6) is 0 Å². The minimum Gasteiger partial charge on any atom is -0.480 e. The number of aliphatic carboxylic acids is 1. The summed E-state index contributed by atoms with van der Waals surface area (Å²) in [6, 6.07) is 4.48. The van der Waals surface area contributed by atoms with Crippen molar-refractivity contribution in [2.45, 2.75) is 58.8 Å². The number of carbonyl (C=O) groups is 3. The third-order valence-corrected chi connectivity index (χ3v) is 3.92. The van der Waals surface area contributed by atoms with E-state index in [4.69, 9.17) is 9.47 Å². The van der Waals surface area contributed by atoms with Gasteiger partial charge in [-0.25, -0.2) is 14.4 Å². The van der Waals surface area contributed by atoms with Gasteiger partial charge in [0.1, 0.15) is 17.7 Å². The molecule has 148 valence electrons. The van der Waals surface area contributed by atoms with E-state index in [-0.39, 0.29) is 13.0 Å². The highest BCUT2D eigenvalue weighted by atomic mass is 16.6. The highest BCUT2D eigenvalue weighted by molar-refractivity contribution is 5.85. The fourth-order valence-electron chi connectivity index (χ4n) is 2.98. The van der Waals surface area contributed by atoms with E-state index in [9.17, 15) is 19.5 Å². The van der Waals surface area contributed by atoms with Gasteiger partial charge in [-0.1, -0.05) is 6.07 Å². The van der Waals surface area contributed by atoms with Crippen LogP contribution >= 0.6 is 0 Å². The maximum absolute atomic E-state index is 12.3. The number of amides is 2. The third kappa shape index (κ3) is 5.87. The molecule has 1 aromatic rings. The van der Waals surface area contributed by atoms with E-state index in [1.165, 1.54) is 0 Å². The van der Waals surface area contributed by atoms with Crippen molar-refractivity contribution in [2.24, 2.45) is 0 Å². The number of carboxylic acid groups (broad SMARTS) is 1. The standard InChI is InChI=1S/C19H26N2O6/c1-11-6-12(2)8-13(7-11)20-17(24)26-14-9-15(16(22)23)21(10-14)18(25)27-19(3,4)5/h6-8,14-15H,9-10H2,1-5H3,(H,20,24)(H,22,23)/t14-,15+/m1/s1. The predicted octanol–water partition coefficient (Wildman–Crippen LogP) is 3.31. The fourth-order valence-corrected chi connectivity index (χ4v) is 2.98. The van der Waals surface area contributed by atoms with E-state index in [0.29, 0.717) is 5.69 Å². The summed E-state index contributed by atoms with van der Waals surface area (Å²) in [5.41, 5.74) is 1.83. The normalized spacial score (nSPS) is 19.5. The Hall–Kier alpha value is -2.77. The van der Waals surface area contributed by atoms with Crippen LogP contribution in [0, 0.1) is 13.8 Å². The number of aryl methyl sites for hydroxylation is 2. The summed E-state index contributed by atoms with van der Waals surface area (Å²) in [5.74, 6) is -1.17. The molecule has 27 heavy (non-hydrogen) atoms. The van der Waals surface area contributed by atoms with Gasteiger partial charge in [-0.3, -0.25) is 10.2 Å². The predicted molar refractivity (Wildman–Crippen MR) is 98.8 cm³/mol. The van der Waals surface area contributed by atoms with Crippen molar-refractivity contribution in [3.63, 3.8) is 0 Å². The number of nitrogens with one attached hydrogen (secondary N) is 1. The fraction of sp³-hybridized carbons (Fsp3) is 0.526. The van der Waals surface area contributed by atoms with Crippen molar-refractivity contribution in [3.8, 4) is 0 Å². The number of benzene rings is 1. The molecule has 0 radical (unpaired) electrons. The van der Waals surface area contributed by atoms with Crippen molar-refractivity contribution < 1.29 is 29.0 Å². The lowest BCUT2D eigenvalue weighted by molar-refractivity contribution is -0.142. The van der Waals surface area contributed by atoms with E-state index in [0.717, 1.165) is 16.0 Å². The van der Waals surface area contributed by atoms with Gasteiger partial charge >= 0.3 is 18.2 Å². The van der Waals surface area contributed by atoms with E-state index in [2.05, 4.69) is 5.32 Å². The molecule has 0 spiro atoms. The van der Waals surface area contributed by atoms with Crippen molar-refractivity contribution in [1.82, 2.24) is 4.90 Å². The molecular formula is C19H26N2O6. The summed E-state index contributed by atoms with van der Waals surface area (Å²) in [5, 5.41) is 12.0.